The first-order valence-electron chi connectivity index (χ1n) is 12.8. The molecule has 0 spiro atoms. The molecule has 8 nitrogen and oxygen atoms in total. The summed E-state index contributed by atoms with van der Waals surface area (Å²) in [7, 11) is 0. The third-order valence-electron chi connectivity index (χ3n) is 7.21. The normalized spacial score (nSPS) is 16.3. The first-order valence-corrected chi connectivity index (χ1v) is 12.8. The molecule has 2 aromatic heterocycles. The highest BCUT2D eigenvalue weighted by molar-refractivity contribution is 5.84. The predicted molar refractivity (Wildman–Crippen MR) is 145 cm³/mol. The quantitative estimate of drug-likeness (QED) is 0.410. The van der Waals surface area contributed by atoms with Crippen LogP contribution in [0.5, 0.6) is 0 Å². The SMILES string of the molecule is CCc1nc2c(NC(C(C)O)N3CCN(c4cccc(C)c4C)CC3)ncnc2n1-c1ccccc1. The largest absolute Gasteiger partial charge is 0.390 e. The van der Waals surface area contributed by atoms with Gasteiger partial charge in [-0.15, -0.1) is 0 Å². The van der Waals surface area contributed by atoms with Crippen LogP contribution in [-0.2, 0) is 6.42 Å². The number of para-hydroxylation sites is 1. The maximum absolute atomic E-state index is 10.8. The topological polar surface area (TPSA) is 82.3 Å². The lowest BCUT2D eigenvalue weighted by Gasteiger charge is -2.42. The number of fused-ring (bicyclic) bond motifs is 1. The van der Waals surface area contributed by atoms with Gasteiger partial charge in [0.25, 0.3) is 0 Å². The lowest BCUT2D eigenvalue weighted by molar-refractivity contribution is 0.0720. The fourth-order valence-electron chi connectivity index (χ4n) is 5.10. The smallest absolute Gasteiger partial charge is 0.170 e. The molecule has 4 aromatic rings. The Morgan fingerprint density at radius 1 is 0.972 bits per heavy atom. The first kappa shape index (κ1) is 24.2. The van der Waals surface area contributed by atoms with Crippen LogP contribution in [0.25, 0.3) is 16.9 Å². The number of imidazole rings is 1. The molecule has 0 saturated carbocycles. The van der Waals surface area contributed by atoms with Crippen LogP contribution in [0.1, 0.15) is 30.8 Å². The maximum atomic E-state index is 10.8. The molecule has 0 radical (unpaired) electrons. The van der Waals surface area contributed by atoms with Crippen molar-refractivity contribution in [3.8, 4) is 5.69 Å². The molecule has 0 bridgehead atoms. The van der Waals surface area contributed by atoms with Gasteiger partial charge in [0.05, 0.1) is 6.10 Å². The van der Waals surface area contributed by atoms with E-state index >= 15 is 0 Å². The summed E-state index contributed by atoms with van der Waals surface area (Å²) >= 11 is 0. The fourth-order valence-corrected chi connectivity index (χ4v) is 5.10. The third-order valence-corrected chi connectivity index (χ3v) is 7.21. The third kappa shape index (κ3) is 4.54. The van der Waals surface area contributed by atoms with Gasteiger partial charge in [-0.1, -0.05) is 37.3 Å². The van der Waals surface area contributed by atoms with E-state index in [1.165, 1.54) is 16.8 Å². The molecule has 1 fully saturated rings. The number of aliphatic hydroxyl groups is 1. The number of nitrogens with one attached hydrogen (secondary N) is 1. The number of hydrogen-bond acceptors (Lipinski definition) is 7. The van der Waals surface area contributed by atoms with Gasteiger partial charge >= 0.3 is 0 Å². The molecule has 36 heavy (non-hydrogen) atoms. The van der Waals surface area contributed by atoms with Gasteiger partial charge in [-0.3, -0.25) is 9.47 Å². The van der Waals surface area contributed by atoms with Crippen LogP contribution in [0.2, 0.25) is 0 Å². The Labute approximate surface area is 212 Å². The summed E-state index contributed by atoms with van der Waals surface area (Å²) in [6, 6.07) is 16.6. The van der Waals surface area contributed by atoms with E-state index < -0.39 is 6.10 Å². The molecular formula is C28H35N7O. The van der Waals surface area contributed by atoms with Gasteiger partial charge < -0.3 is 15.3 Å². The van der Waals surface area contributed by atoms with Crippen LogP contribution >= 0.6 is 0 Å². The van der Waals surface area contributed by atoms with E-state index in [1.807, 2.05) is 25.1 Å². The zero-order chi connectivity index (χ0) is 25.2. The number of hydrogen-bond donors (Lipinski definition) is 2. The lowest BCUT2D eigenvalue weighted by Crippen LogP contribution is -2.56. The summed E-state index contributed by atoms with van der Waals surface area (Å²) < 4.78 is 2.09. The summed E-state index contributed by atoms with van der Waals surface area (Å²) in [4.78, 5) is 18.8. The highest BCUT2D eigenvalue weighted by Crippen LogP contribution is 2.27. The molecular weight excluding hydrogens is 450 g/mol. The highest BCUT2D eigenvalue weighted by atomic mass is 16.3. The van der Waals surface area contributed by atoms with Gasteiger partial charge in [0.1, 0.15) is 18.3 Å². The highest BCUT2D eigenvalue weighted by Gasteiger charge is 2.29. The van der Waals surface area contributed by atoms with Crippen LogP contribution in [0.3, 0.4) is 0 Å². The monoisotopic (exact) mass is 485 g/mol. The summed E-state index contributed by atoms with van der Waals surface area (Å²) in [6.45, 7) is 11.7. The summed E-state index contributed by atoms with van der Waals surface area (Å²) in [5, 5.41) is 14.3. The molecule has 5 rings (SSSR count). The van der Waals surface area contributed by atoms with Gasteiger partial charge in [-0.05, 0) is 50.1 Å². The average molecular weight is 486 g/mol. The Bertz CT molecular complexity index is 1330. The predicted octanol–water partition coefficient (Wildman–Crippen LogP) is 3.94. The Morgan fingerprint density at radius 3 is 2.42 bits per heavy atom. The van der Waals surface area contributed by atoms with E-state index in [-0.39, 0.29) is 6.17 Å². The number of piperazine rings is 1. The molecule has 2 N–H and O–H groups in total. The standard InChI is InChI=1S/C28H35N7O/c1-5-24-31-25-26(29-18-30-28(25)35(24)22-11-7-6-8-12-22)32-27(21(4)36)34-16-14-33(15-17-34)23-13-9-10-19(2)20(23)3/h6-13,18,21,27,36H,5,14-17H2,1-4H3,(H,29,30,32). The second kappa shape index (κ2) is 10.2. The minimum atomic E-state index is -0.593. The second-order valence-electron chi connectivity index (χ2n) is 9.52. The van der Waals surface area contributed by atoms with Crippen LogP contribution in [0, 0.1) is 13.8 Å². The van der Waals surface area contributed by atoms with Crippen molar-refractivity contribution in [2.75, 3.05) is 36.4 Å². The van der Waals surface area contributed by atoms with E-state index in [1.54, 1.807) is 6.33 Å². The summed E-state index contributed by atoms with van der Waals surface area (Å²) in [5.74, 6) is 1.57. The van der Waals surface area contributed by atoms with Crippen molar-refractivity contribution in [3.05, 3.63) is 71.8 Å². The zero-order valence-electron chi connectivity index (χ0n) is 21.5. The Morgan fingerprint density at radius 2 is 1.72 bits per heavy atom. The van der Waals surface area contributed by atoms with E-state index in [0.29, 0.717) is 5.82 Å². The molecule has 0 amide bonds. The second-order valence-corrected chi connectivity index (χ2v) is 9.52. The van der Waals surface area contributed by atoms with Crippen molar-refractivity contribution in [3.63, 3.8) is 0 Å². The zero-order valence-corrected chi connectivity index (χ0v) is 21.5. The van der Waals surface area contributed by atoms with E-state index in [9.17, 15) is 5.11 Å². The molecule has 1 aliphatic heterocycles. The Kier molecular flexibility index (Phi) is 6.89. The summed E-state index contributed by atoms with van der Waals surface area (Å²) in [6.07, 6.45) is 1.47. The van der Waals surface area contributed by atoms with Crippen molar-refractivity contribution in [1.82, 2.24) is 24.4 Å². The molecule has 1 aliphatic rings. The van der Waals surface area contributed by atoms with Crippen molar-refractivity contribution >= 4 is 22.7 Å². The fraction of sp³-hybridized carbons (Fsp3) is 0.393. The van der Waals surface area contributed by atoms with Crippen molar-refractivity contribution < 1.29 is 5.11 Å². The van der Waals surface area contributed by atoms with Crippen LogP contribution in [-0.4, -0.2) is 68.0 Å². The molecule has 2 atom stereocenters. The van der Waals surface area contributed by atoms with Gasteiger partial charge in [-0.25, -0.2) is 15.0 Å². The van der Waals surface area contributed by atoms with Crippen LogP contribution in [0.4, 0.5) is 11.5 Å². The minimum Gasteiger partial charge on any atom is -0.390 e. The maximum Gasteiger partial charge on any atom is 0.170 e. The van der Waals surface area contributed by atoms with Gasteiger partial charge in [0, 0.05) is 44.0 Å². The van der Waals surface area contributed by atoms with E-state index in [4.69, 9.17) is 4.98 Å². The Balaban J connectivity index is 1.40. The number of anilines is 2. The van der Waals surface area contributed by atoms with Crippen molar-refractivity contribution in [2.45, 2.75) is 46.4 Å². The Hall–Kier alpha value is -3.49. The summed E-state index contributed by atoms with van der Waals surface area (Å²) in [5.41, 5.74) is 6.45. The molecule has 0 aliphatic carbocycles. The number of benzene rings is 2. The molecule has 8 heteroatoms. The van der Waals surface area contributed by atoms with Crippen molar-refractivity contribution in [2.24, 2.45) is 0 Å². The number of aryl methyl sites for hydroxylation is 2. The number of nitrogens with zero attached hydrogens (tertiary/aromatic N) is 6. The van der Waals surface area contributed by atoms with Gasteiger partial charge in [0.2, 0.25) is 0 Å². The molecule has 2 aromatic carbocycles. The lowest BCUT2D eigenvalue weighted by atomic mass is 10.1. The molecule has 3 heterocycles. The average Bonchev–Trinajstić information content (AvgIpc) is 3.29. The van der Waals surface area contributed by atoms with Gasteiger partial charge in [0.15, 0.2) is 17.0 Å². The van der Waals surface area contributed by atoms with Crippen LogP contribution < -0.4 is 10.2 Å². The number of aliphatic hydroxyl groups excluding tert-OH is 1. The molecule has 1 saturated heterocycles. The number of aromatic nitrogens is 4. The van der Waals surface area contributed by atoms with Crippen molar-refractivity contribution in [1.29, 1.82) is 0 Å². The molecule has 188 valence electrons. The van der Waals surface area contributed by atoms with E-state index in [2.05, 4.69) is 80.8 Å². The van der Waals surface area contributed by atoms with E-state index in [0.717, 1.165) is 55.3 Å². The molecule has 2 unspecified atom stereocenters. The van der Waals surface area contributed by atoms with Crippen LogP contribution in [0.15, 0.2) is 54.9 Å². The minimum absolute atomic E-state index is 0.282. The van der Waals surface area contributed by atoms with Gasteiger partial charge in [-0.2, -0.15) is 0 Å². The number of rotatable bonds is 7. The first-order chi connectivity index (χ1) is 17.5.